The fourth-order valence-corrected chi connectivity index (χ4v) is 2.35. The van der Waals surface area contributed by atoms with Gasteiger partial charge in [0.05, 0.1) is 11.2 Å². The second kappa shape index (κ2) is 4.15. The second-order valence-corrected chi connectivity index (χ2v) is 4.37. The molecule has 0 aliphatic carbocycles. The summed E-state index contributed by atoms with van der Waals surface area (Å²) in [6.45, 7) is 2.05. The highest BCUT2D eigenvalue weighted by atomic mass is 16.1. The number of aryl methyl sites for hydroxylation is 1. The summed E-state index contributed by atoms with van der Waals surface area (Å²) >= 11 is 0. The van der Waals surface area contributed by atoms with Gasteiger partial charge in [-0.1, -0.05) is 36.4 Å². The Morgan fingerprint density at radius 1 is 1.00 bits per heavy atom. The summed E-state index contributed by atoms with van der Waals surface area (Å²) in [4.78, 5) is 11.3. The van der Waals surface area contributed by atoms with Crippen molar-refractivity contribution in [1.29, 1.82) is 0 Å². The molecule has 0 atom stereocenters. The van der Waals surface area contributed by atoms with E-state index in [9.17, 15) is 4.79 Å². The number of hydrogen-bond acceptors (Lipinski definition) is 1. The van der Waals surface area contributed by atoms with Crippen LogP contribution < -0.4 is 0 Å². The van der Waals surface area contributed by atoms with Crippen LogP contribution in [0.2, 0.25) is 0 Å². The molecule has 0 N–H and O–H groups in total. The summed E-state index contributed by atoms with van der Waals surface area (Å²) < 4.78 is 2.01. The number of fused-ring (bicyclic) bond motifs is 1. The molecule has 1 heterocycles. The average Bonchev–Trinajstić information content (AvgIpc) is 2.78. The zero-order chi connectivity index (χ0) is 12.5. The van der Waals surface area contributed by atoms with Crippen molar-refractivity contribution < 1.29 is 4.79 Å². The Bertz CT molecular complexity index is 725. The van der Waals surface area contributed by atoms with Crippen LogP contribution in [-0.4, -0.2) is 10.9 Å². The third kappa shape index (κ3) is 1.54. The summed E-state index contributed by atoms with van der Waals surface area (Å²) in [6, 6.07) is 18.1. The number of para-hydroxylation sites is 2. The molecule has 18 heavy (non-hydrogen) atoms. The highest BCUT2D eigenvalue weighted by Crippen LogP contribution is 2.25. The number of aromatic nitrogens is 1. The van der Waals surface area contributed by atoms with Crippen molar-refractivity contribution in [3.8, 4) is 5.69 Å². The quantitative estimate of drug-likeness (QED) is 0.620. The summed E-state index contributed by atoms with van der Waals surface area (Å²) in [5.41, 5.74) is 3.96. The van der Waals surface area contributed by atoms with Gasteiger partial charge < -0.3 is 4.57 Å². The number of carbonyl (C=O) groups excluding carboxylic acids is 1. The number of hydrogen-bond donors (Lipinski definition) is 0. The predicted octanol–water partition coefficient (Wildman–Crippen LogP) is 3.75. The molecular formula is C16H13NO. The molecule has 88 valence electrons. The van der Waals surface area contributed by atoms with Crippen molar-refractivity contribution in [3.63, 3.8) is 0 Å². The monoisotopic (exact) mass is 235 g/mol. The van der Waals surface area contributed by atoms with Gasteiger partial charge in [0, 0.05) is 11.1 Å². The van der Waals surface area contributed by atoms with E-state index in [1.807, 2.05) is 53.1 Å². The molecule has 0 amide bonds. The molecule has 0 aliphatic heterocycles. The molecule has 0 saturated heterocycles. The van der Waals surface area contributed by atoms with E-state index >= 15 is 0 Å². The fraction of sp³-hybridized carbons (Fsp3) is 0.0625. The van der Waals surface area contributed by atoms with Crippen LogP contribution in [0.5, 0.6) is 0 Å². The van der Waals surface area contributed by atoms with E-state index in [0.717, 1.165) is 28.4 Å². The van der Waals surface area contributed by atoms with E-state index in [-0.39, 0.29) is 0 Å². The molecule has 0 radical (unpaired) electrons. The van der Waals surface area contributed by atoms with Crippen LogP contribution in [0.3, 0.4) is 0 Å². The molecule has 0 aliphatic rings. The molecule has 2 nitrogen and oxygen atoms in total. The first-order chi connectivity index (χ1) is 8.81. The van der Waals surface area contributed by atoms with Crippen molar-refractivity contribution in [1.82, 2.24) is 4.57 Å². The highest BCUT2D eigenvalue weighted by molar-refractivity contribution is 5.91. The van der Waals surface area contributed by atoms with Crippen molar-refractivity contribution in [2.75, 3.05) is 0 Å². The van der Waals surface area contributed by atoms with Crippen LogP contribution in [0.4, 0.5) is 0 Å². The molecular weight excluding hydrogens is 222 g/mol. The molecule has 0 saturated carbocycles. The number of benzene rings is 2. The second-order valence-electron chi connectivity index (χ2n) is 4.37. The fourth-order valence-electron chi connectivity index (χ4n) is 2.35. The van der Waals surface area contributed by atoms with Gasteiger partial charge in [0.2, 0.25) is 0 Å². The van der Waals surface area contributed by atoms with Crippen LogP contribution in [0.25, 0.3) is 16.6 Å². The zero-order valence-electron chi connectivity index (χ0n) is 10.1. The van der Waals surface area contributed by atoms with Gasteiger partial charge in [-0.15, -0.1) is 0 Å². The van der Waals surface area contributed by atoms with E-state index in [0.29, 0.717) is 5.69 Å². The molecule has 2 heteroatoms. The molecule has 0 spiro atoms. The average molecular weight is 235 g/mol. The van der Waals surface area contributed by atoms with E-state index in [2.05, 4.69) is 13.0 Å². The molecule has 0 unspecified atom stereocenters. The minimum Gasteiger partial charge on any atom is -0.306 e. The van der Waals surface area contributed by atoms with Crippen LogP contribution in [0.15, 0.2) is 54.6 Å². The van der Waals surface area contributed by atoms with Gasteiger partial charge in [0.25, 0.3) is 0 Å². The summed E-state index contributed by atoms with van der Waals surface area (Å²) in [6.07, 6.45) is 0.909. The molecule has 3 rings (SSSR count). The van der Waals surface area contributed by atoms with E-state index in [4.69, 9.17) is 0 Å². The lowest BCUT2D eigenvalue weighted by Crippen LogP contribution is -2.00. The minimum absolute atomic E-state index is 0.686. The van der Waals surface area contributed by atoms with Gasteiger partial charge in [-0.25, -0.2) is 0 Å². The van der Waals surface area contributed by atoms with E-state index in [1.165, 1.54) is 0 Å². The molecule has 3 aromatic rings. The lowest BCUT2D eigenvalue weighted by Gasteiger charge is -2.10. The third-order valence-electron chi connectivity index (χ3n) is 3.22. The first kappa shape index (κ1) is 10.8. The van der Waals surface area contributed by atoms with Crippen molar-refractivity contribution in [2.45, 2.75) is 6.92 Å². The minimum atomic E-state index is 0.686. The predicted molar refractivity (Wildman–Crippen MR) is 73.4 cm³/mol. The lowest BCUT2D eigenvalue weighted by atomic mass is 10.2. The highest BCUT2D eigenvalue weighted by Gasteiger charge is 2.10. The summed E-state index contributed by atoms with van der Waals surface area (Å²) in [5.74, 6) is 0. The zero-order valence-corrected chi connectivity index (χ0v) is 10.1. The lowest BCUT2D eigenvalue weighted by molar-refractivity contribution is 0.111. The van der Waals surface area contributed by atoms with Gasteiger partial charge in [-0.3, -0.25) is 4.79 Å². The Labute approximate surface area is 105 Å². The summed E-state index contributed by atoms with van der Waals surface area (Å²) in [5, 5.41) is 1.09. The topological polar surface area (TPSA) is 22.0 Å². The number of nitrogens with zero attached hydrogens (tertiary/aromatic N) is 1. The Kier molecular flexibility index (Phi) is 2.49. The maximum absolute atomic E-state index is 11.3. The first-order valence-electron chi connectivity index (χ1n) is 5.93. The Morgan fingerprint density at radius 2 is 1.72 bits per heavy atom. The van der Waals surface area contributed by atoms with Crippen LogP contribution >= 0.6 is 0 Å². The SMILES string of the molecule is Cc1ccccc1-n1c(C=O)cc2ccccc21. The van der Waals surface area contributed by atoms with Crippen LogP contribution in [-0.2, 0) is 0 Å². The Balaban J connectivity index is 2.41. The van der Waals surface area contributed by atoms with E-state index in [1.54, 1.807) is 0 Å². The largest absolute Gasteiger partial charge is 0.306 e. The van der Waals surface area contributed by atoms with Gasteiger partial charge in [0.1, 0.15) is 0 Å². The maximum atomic E-state index is 11.3. The number of aldehydes is 1. The van der Waals surface area contributed by atoms with Gasteiger partial charge in [-0.05, 0) is 30.7 Å². The number of carbonyl (C=O) groups is 1. The molecule has 2 aromatic carbocycles. The summed E-state index contributed by atoms with van der Waals surface area (Å²) in [7, 11) is 0. The van der Waals surface area contributed by atoms with Crippen LogP contribution in [0, 0.1) is 6.92 Å². The molecule has 0 bridgehead atoms. The standard InChI is InChI=1S/C16H13NO/c1-12-6-2-4-8-15(12)17-14(11-18)10-13-7-3-5-9-16(13)17/h2-11H,1H3. The Morgan fingerprint density at radius 3 is 2.50 bits per heavy atom. The third-order valence-corrected chi connectivity index (χ3v) is 3.22. The van der Waals surface area contributed by atoms with Gasteiger partial charge in [0.15, 0.2) is 6.29 Å². The van der Waals surface area contributed by atoms with E-state index < -0.39 is 0 Å². The maximum Gasteiger partial charge on any atom is 0.166 e. The van der Waals surface area contributed by atoms with Gasteiger partial charge in [-0.2, -0.15) is 0 Å². The Hall–Kier alpha value is -2.35. The van der Waals surface area contributed by atoms with Gasteiger partial charge >= 0.3 is 0 Å². The first-order valence-corrected chi connectivity index (χ1v) is 5.93. The number of rotatable bonds is 2. The van der Waals surface area contributed by atoms with Crippen molar-refractivity contribution >= 4 is 17.2 Å². The van der Waals surface area contributed by atoms with Crippen molar-refractivity contribution in [3.05, 3.63) is 65.9 Å². The molecule has 1 aromatic heterocycles. The van der Waals surface area contributed by atoms with Crippen molar-refractivity contribution in [2.24, 2.45) is 0 Å². The normalized spacial score (nSPS) is 10.7. The van der Waals surface area contributed by atoms with Crippen LogP contribution in [0.1, 0.15) is 16.1 Å². The smallest absolute Gasteiger partial charge is 0.166 e. The molecule has 0 fully saturated rings.